The number of hydrogen-bond acceptors (Lipinski definition) is 3. The van der Waals surface area contributed by atoms with Crippen molar-refractivity contribution in [3.05, 3.63) is 40.5 Å². The summed E-state index contributed by atoms with van der Waals surface area (Å²) in [6, 6.07) is 7.20. The van der Waals surface area contributed by atoms with Gasteiger partial charge in [-0.25, -0.2) is 0 Å². The fourth-order valence-electron chi connectivity index (χ4n) is 2.15. The Balaban J connectivity index is 2.57. The van der Waals surface area contributed by atoms with E-state index >= 15 is 0 Å². The Labute approximate surface area is 119 Å². The highest BCUT2D eigenvalue weighted by Crippen LogP contribution is 2.32. The van der Waals surface area contributed by atoms with E-state index in [4.69, 9.17) is 5.11 Å². The number of pyridine rings is 1. The molecule has 2 N–H and O–H groups in total. The minimum absolute atomic E-state index is 0.362. The van der Waals surface area contributed by atoms with Gasteiger partial charge >= 0.3 is 5.97 Å². The minimum Gasteiger partial charge on any atom is -0.481 e. The number of aliphatic carboxylic acids is 1. The third kappa shape index (κ3) is 2.62. The third-order valence-electron chi connectivity index (χ3n) is 3.20. The number of carboxylic acid groups (broad SMARTS) is 1. The molecule has 0 saturated heterocycles. The van der Waals surface area contributed by atoms with Crippen LogP contribution >= 0.6 is 15.9 Å². The molecule has 100 valence electrons. The lowest BCUT2D eigenvalue weighted by molar-refractivity contribution is -0.146. The van der Waals surface area contributed by atoms with Gasteiger partial charge in [-0.15, -0.1) is 0 Å². The van der Waals surface area contributed by atoms with Crippen LogP contribution in [-0.2, 0) is 4.79 Å². The van der Waals surface area contributed by atoms with E-state index in [0.29, 0.717) is 17.5 Å². The first-order chi connectivity index (χ1) is 9.06. The zero-order valence-corrected chi connectivity index (χ0v) is 12.0. The van der Waals surface area contributed by atoms with Crippen molar-refractivity contribution in [2.24, 2.45) is 5.92 Å². The van der Waals surface area contributed by atoms with Gasteiger partial charge in [-0.3, -0.25) is 9.78 Å². The molecule has 0 spiro atoms. The van der Waals surface area contributed by atoms with Crippen LogP contribution in [0.1, 0.15) is 25.0 Å². The van der Waals surface area contributed by atoms with Crippen LogP contribution < -0.4 is 0 Å². The molecule has 19 heavy (non-hydrogen) atoms. The molecule has 0 aliphatic carbocycles. The molecule has 1 aromatic carbocycles. The first-order valence-corrected chi connectivity index (χ1v) is 6.79. The molecule has 1 heterocycles. The second-order valence-corrected chi connectivity index (χ2v) is 5.19. The Bertz CT molecular complexity index is 615. The van der Waals surface area contributed by atoms with Gasteiger partial charge < -0.3 is 10.2 Å². The van der Waals surface area contributed by atoms with E-state index in [9.17, 15) is 9.90 Å². The maximum absolute atomic E-state index is 11.2. The molecular weight excluding hydrogens is 310 g/mol. The van der Waals surface area contributed by atoms with Crippen molar-refractivity contribution in [2.45, 2.75) is 19.4 Å². The van der Waals surface area contributed by atoms with Crippen LogP contribution in [0.3, 0.4) is 0 Å². The van der Waals surface area contributed by atoms with Gasteiger partial charge in [0.25, 0.3) is 0 Å². The lowest BCUT2D eigenvalue weighted by Gasteiger charge is -2.19. The zero-order chi connectivity index (χ0) is 14.0. The highest BCUT2D eigenvalue weighted by Gasteiger charge is 2.27. The van der Waals surface area contributed by atoms with Crippen LogP contribution in [-0.4, -0.2) is 21.2 Å². The van der Waals surface area contributed by atoms with Crippen molar-refractivity contribution in [3.8, 4) is 0 Å². The number of fused-ring (bicyclic) bond motifs is 1. The van der Waals surface area contributed by atoms with Gasteiger partial charge in [0, 0.05) is 21.6 Å². The fraction of sp³-hybridized carbons (Fsp3) is 0.286. The van der Waals surface area contributed by atoms with E-state index in [-0.39, 0.29) is 0 Å². The zero-order valence-electron chi connectivity index (χ0n) is 10.4. The maximum Gasteiger partial charge on any atom is 0.309 e. The van der Waals surface area contributed by atoms with Crippen LogP contribution in [0, 0.1) is 5.92 Å². The van der Waals surface area contributed by atoms with Gasteiger partial charge in [-0.1, -0.05) is 35.0 Å². The second-order valence-electron chi connectivity index (χ2n) is 4.33. The Morgan fingerprint density at radius 3 is 2.79 bits per heavy atom. The SMILES string of the molecule is CCC(C(=O)O)C(O)c1ccc(Br)c2cccnc12. The van der Waals surface area contributed by atoms with Crippen LogP contribution in [0.2, 0.25) is 0 Å². The average Bonchev–Trinajstić information content (AvgIpc) is 2.39. The monoisotopic (exact) mass is 323 g/mol. The Kier molecular flexibility index (Phi) is 4.17. The molecule has 2 aromatic rings. The van der Waals surface area contributed by atoms with Crippen molar-refractivity contribution in [1.29, 1.82) is 0 Å². The van der Waals surface area contributed by atoms with E-state index in [1.807, 2.05) is 6.07 Å². The molecule has 0 saturated carbocycles. The van der Waals surface area contributed by atoms with Gasteiger partial charge in [0.2, 0.25) is 0 Å². The smallest absolute Gasteiger partial charge is 0.309 e. The van der Waals surface area contributed by atoms with Gasteiger partial charge in [0.1, 0.15) is 0 Å². The number of halogens is 1. The molecule has 0 bridgehead atoms. The number of carbonyl (C=O) groups is 1. The Morgan fingerprint density at radius 1 is 1.42 bits per heavy atom. The normalized spacial score (nSPS) is 14.3. The minimum atomic E-state index is -1.06. The van der Waals surface area contributed by atoms with Crippen LogP contribution in [0.5, 0.6) is 0 Å². The van der Waals surface area contributed by atoms with Crippen molar-refractivity contribution < 1.29 is 15.0 Å². The summed E-state index contributed by atoms with van der Waals surface area (Å²) >= 11 is 3.43. The highest BCUT2D eigenvalue weighted by atomic mass is 79.9. The van der Waals surface area contributed by atoms with Crippen molar-refractivity contribution in [3.63, 3.8) is 0 Å². The lowest BCUT2D eigenvalue weighted by Crippen LogP contribution is -2.21. The first kappa shape index (κ1) is 14.0. The molecule has 2 rings (SSSR count). The summed E-state index contributed by atoms with van der Waals surface area (Å²) in [4.78, 5) is 15.4. The molecule has 0 aliphatic rings. The summed E-state index contributed by atoms with van der Waals surface area (Å²) in [7, 11) is 0. The summed E-state index contributed by atoms with van der Waals surface area (Å²) in [6.45, 7) is 1.75. The Morgan fingerprint density at radius 2 is 2.16 bits per heavy atom. The predicted molar refractivity (Wildman–Crippen MR) is 75.8 cm³/mol. The molecule has 0 fully saturated rings. The molecule has 5 heteroatoms. The van der Waals surface area contributed by atoms with Crippen molar-refractivity contribution >= 4 is 32.8 Å². The van der Waals surface area contributed by atoms with Gasteiger partial charge in [-0.2, -0.15) is 0 Å². The molecule has 0 amide bonds. The summed E-state index contributed by atoms with van der Waals surface area (Å²) in [5.41, 5.74) is 1.18. The summed E-state index contributed by atoms with van der Waals surface area (Å²) in [5.74, 6) is -1.83. The molecule has 4 nitrogen and oxygen atoms in total. The maximum atomic E-state index is 11.2. The predicted octanol–water partition coefficient (Wildman–Crippen LogP) is 3.14. The molecule has 1 aromatic heterocycles. The second kappa shape index (κ2) is 5.67. The van der Waals surface area contributed by atoms with E-state index in [1.165, 1.54) is 0 Å². The van der Waals surface area contributed by atoms with Crippen LogP contribution in [0.4, 0.5) is 0 Å². The largest absolute Gasteiger partial charge is 0.481 e. The fourth-order valence-corrected chi connectivity index (χ4v) is 2.60. The average molecular weight is 324 g/mol. The Hall–Kier alpha value is -1.46. The number of aromatic nitrogens is 1. The number of aliphatic hydroxyl groups is 1. The van der Waals surface area contributed by atoms with E-state index < -0.39 is 18.0 Å². The molecule has 2 atom stereocenters. The number of rotatable bonds is 4. The first-order valence-electron chi connectivity index (χ1n) is 6.00. The van der Waals surface area contributed by atoms with Crippen LogP contribution in [0.25, 0.3) is 10.9 Å². The summed E-state index contributed by atoms with van der Waals surface area (Å²) in [6.07, 6.45) is 0.932. The van der Waals surface area contributed by atoms with E-state index in [0.717, 1.165) is 9.86 Å². The summed E-state index contributed by atoms with van der Waals surface area (Å²) < 4.78 is 0.870. The molecule has 0 aliphatic heterocycles. The van der Waals surface area contributed by atoms with E-state index in [1.54, 1.807) is 31.3 Å². The number of hydrogen-bond donors (Lipinski definition) is 2. The van der Waals surface area contributed by atoms with Gasteiger partial charge in [0.05, 0.1) is 17.5 Å². The van der Waals surface area contributed by atoms with Gasteiger partial charge in [-0.05, 0) is 18.6 Å². The van der Waals surface area contributed by atoms with Crippen molar-refractivity contribution in [1.82, 2.24) is 4.98 Å². The molecular formula is C14H14BrNO3. The molecule has 0 radical (unpaired) electrons. The van der Waals surface area contributed by atoms with Crippen molar-refractivity contribution in [2.75, 3.05) is 0 Å². The number of nitrogens with zero attached hydrogens (tertiary/aromatic N) is 1. The highest BCUT2D eigenvalue weighted by molar-refractivity contribution is 9.10. The standard InChI is InChI=1S/C14H14BrNO3/c1-2-8(14(18)19)13(17)10-5-6-11(15)9-4-3-7-16-12(9)10/h3-8,13,17H,2H2,1H3,(H,18,19). The number of aliphatic hydroxyl groups excluding tert-OH is 1. The summed E-state index contributed by atoms with van der Waals surface area (Å²) in [5, 5.41) is 20.3. The number of carboxylic acids is 1. The van der Waals surface area contributed by atoms with Crippen LogP contribution in [0.15, 0.2) is 34.9 Å². The number of benzene rings is 1. The lowest BCUT2D eigenvalue weighted by atomic mass is 9.92. The van der Waals surface area contributed by atoms with E-state index in [2.05, 4.69) is 20.9 Å². The quantitative estimate of drug-likeness (QED) is 0.906. The topological polar surface area (TPSA) is 70.4 Å². The van der Waals surface area contributed by atoms with Gasteiger partial charge in [0.15, 0.2) is 0 Å². The third-order valence-corrected chi connectivity index (χ3v) is 3.90. The molecule has 2 unspecified atom stereocenters.